The number of hydrogen-bond donors (Lipinski definition) is 0. The van der Waals surface area contributed by atoms with Crippen LogP contribution in [0.25, 0.3) is 11.1 Å². The van der Waals surface area contributed by atoms with Crippen molar-refractivity contribution in [1.29, 1.82) is 10.5 Å². The number of hydrogen-bond acceptors (Lipinski definition) is 4. The van der Waals surface area contributed by atoms with Gasteiger partial charge in [-0.05, 0) is 43.2 Å². The van der Waals surface area contributed by atoms with E-state index in [2.05, 4.69) is 17.2 Å². The van der Waals surface area contributed by atoms with Gasteiger partial charge in [0.05, 0.1) is 36.0 Å². The first kappa shape index (κ1) is 24.8. The van der Waals surface area contributed by atoms with Crippen molar-refractivity contribution < 1.29 is 17.9 Å². The van der Waals surface area contributed by atoms with Crippen molar-refractivity contribution in [3.05, 3.63) is 100 Å². The van der Waals surface area contributed by atoms with E-state index in [1.54, 1.807) is 35.8 Å². The molecule has 0 aliphatic carbocycles. The number of halogens is 3. The number of aromatic nitrogens is 3. The van der Waals surface area contributed by atoms with Crippen LogP contribution in [0.3, 0.4) is 0 Å². The Hall–Kier alpha value is -4.34. The van der Waals surface area contributed by atoms with E-state index in [4.69, 9.17) is 10.00 Å². The molecule has 4 rings (SSSR count). The third-order valence-corrected chi connectivity index (χ3v) is 6.00. The van der Waals surface area contributed by atoms with Crippen LogP contribution >= 0.6 is 0 Å². The van der Waals surface area contributed by atoms with Gasteiger partial charge in [0, 0.05) is 17.0 Å². The van der Waals surface area contributed by atoms with Crippen LogP contribution in [0.2, 0.25) is 0 Å². The molecule has 0 spiro atoms. The molecule has 6 nitrogen and oxygen atoms in total. The lowest BCUT2D eigenvalue weighted by Crippen LogP contribution is -2.13. The van der Waals surface area contributed by atoms with Gasteiger partial charge in [0.1, 0.15) is 12.8 Å². The summed E-state index contributed by atoms with van der Waals surface area (Å²) in [6.07, 6.45) is -4.61. The maximum absolute atomic E-state index is 13.5. The Morgan fingerprint density at radius 3 is 2.25 bits per heavy atom. The van der Waals surface area contributed by atoms with E-state index in [1.165, 1.54) is 4.68 Å². The molecule has 0 fully saturated rings. The van der Waals surface area contributed by atoms with Crippen LogP contribution in [0, 0.1) is 36.5 Å². The summed E-state index contributed by atoms with van der Waals surface area (Å²) in [4.78, 5) is 0. The molecule has 0 N–H and O–H groups in total. The van der Waals surface area contributed by atoms with Crippen LogP contribution in [0.4, 0.5) is 13.2 Å². The molecule has 0 unspecified atom stereocenters. The summed E-state index contributed by atoms with van der Waals surface area (Å²) >= 11 is 0. The molecule has 2 aromatic heterocycles. The van der Waals surface area contributed by atoms with Gasteiger partial charge >= 0.3 is 6.18 Å². The van der Waals surface area contributed by atoms with Gasteiger partial charge in [-0.2, -0.15) is 28.8 Å². The average Bonchev–Trinajstić information content (AvgIpc) is 3.39. The molecule has 0 aliphatic rings. The fourth-order valence-electron chi connectivity index (χ4n) is 4.14. The van der Waals surface area contributed by atoms with Crippen molar-refractivity contribution in [2.24, 2.45) is 0 Å². The van der Waals surface area contributed by atoms with E-state index in [0.29, 0.717) is 28.1 Å². The lowest BCUT2D eigenvalue weighted by atomic mass is 10.0. The molecule has 2 aromatic carbocycles. The van der Waals surface area contributed by atoms with Gasteiger partial charge in [-0.25, -0.2) is 4.68 Å². The Kier molecular flexibility index (Phi) is 6.96. The molecule has 36 heavy (non-hydrogen) atoms. The Bertz CT molecular complexity index is 1450. The van der Waals surface area contributed by atoms with Crippen LogP contribution in [-0.2, 0) is 30.8 Å². The monoisotopic (exact) mass is 489 g/mol. The van der Waals surface area contributed by atoms with Crippen LogP contribution in [0.15, 0.2) is 60.7 Å². The Labute approximate surface area is 206 Å². The van der Waals surface area contributed by atoms with Gasteiger partial charge in [0.15, 0.2) is 5.69 Å². The summed E-state index contributed by atoms with van der Waals surface area (Å²) in [7, 11) is 0. The molecule has 4 aromatic rings. The molecule has 0 saturated heterocycles. The molecule has 0 atom stereocenters. The zero-order valence-corrected chi connectivity index (χ0v) is 19.7. The first-order valence-electron chi connectivity index (χ1n) is 11.1. The standard InChI is InChI=1S/C27H22F3N5O/c1-18-24(14-32)26(22-10-8-20(13-31)9-11-22)19(2)34(18)15-23-12-25(27(28,29)30)33-35(23)17-36-16-21-6-4-3-5-7-21/h3-12H,15-17H2,1-2H3. The van der Waals surface area contributed by atoms with Crippen molar-refractivity contribution in [1.82, 2.24) is 14.3 Å². The van der Waals surface area contributed by atoms with Gasteiger partial charge in [-0.1, -0.05) is 42.5 Å². The summed E-state index contributed by atoms with van der Waals surface area (Å²) in [5.74, 6) is 0. The normalized spacial score (nSPS) is 11.3. The minimum Gasteiger partial charge on any atom is -0.355 e. The highest BCUT2D eigenvalue weighted by molar-refractivity contribution is 5.75. The van der Waals surface area contributed by atoms with Crippen molar-refractivity contribution >= 4 is 0 Å². The van der Waals surface area contributed by atoms with Crippen LogP contribution in [0.1, 0.15) is 39.5 Å². The van der Waals surface area contributed by atoms with E-state index in [1.807, 2.05) is 37.3 Å². The second kappa shape index (κ2) is 10.1. The van der Waals surface area contributed by atoms with Crippen molar-refractivity contribution in [2.75, 3.05) is 0 Å². The molecule has 0 amide bonds. The lowest BCUT2D eigenvalue weighted by Gasteiger charge is -2.13. The lowest BCUT2D eigenvalue weighted by molar-refractivity contribution is -0.141. The zero-order chi connectivity index (χ0) is 25.9. The largest absolute Gasteiger partial charge is 0.435 e. The quantitative estimate of drug-likeness (QED) is 0.321. The first-order chi connectivity index (χ1) is 17.2. The maximum Gasteiger partial charge on any atom is 0.435 e. The summed E-state index contributed by atoms with van der Waals surface area (Å²) in [5.41, 5.74) is 3.89. The van der Waals surface area contributed by atoms with Crippen molar-refractivity contribution in [3.8, 4) is 23.3 Å². The van der Waals surface area contributed by atoms with Crippen molar-refractivity contribution in [2.45, 2.75) is 39.9 Å². The SMILES string of the molecule is Cc1c(C#N)c(-c2ccc(C#N)cc2)c(C)n1Cc1cc(C(F)(F)F)nn1COCc1ccccc1. The Morgan fingerprint density at radius 1 is 0.944 bits per heavy atom. The highest BCUT2D eigenvalue weighted by atomic mass is 19.4. The van der Waals surface area contributed by atoms with Crippen LogP contribution in [-0.4, -0.2) is 14.3 Å². The van der Waals surface area contributed by atoms with Crippen LogP contribution in [0.5, 0.6) is 0 Å². The molecule has 9 heteroatoms. The molecule has 0 aliphatic heterocycles. The second-order valence-electron chi connectivity index (χ2n) is 8.29. The molecule has 0 saturated carbocycles. The smallest absolute Gasteiger partial charge is 0.355 e. The van der Waals surface area contributed by atoms with Gasteiger partial charge in [0.2, 0.25) is 0 Å². The predicted octanol–water partition coefficient (Wildman–Crippen LogP) is 5.95. The second-order valence-corrected chi connectivity index (χ2v) is 8.29. The predicted molar refractivity (Wildman–Crippen MR) is 126 cm³/mol. The third-order valence-electron chi connectivity index (χ3n) is 6.00. The molecule has 2 heterocycles. The molecular formula is C27H22F3N5O. The number of benzene rings is 2. The molecular weight excluding hydrogens is 467 g/mol. The Morgan fingerprint density at radius 2 is 1.64 bits per heavy atom. The minimum atomic E-state index is -4.61. The summed E-state index contributed by atoms with van der Waals surface area (Å²) < 4.78 is 49.1. The Balaban J connectivity index is 1.68. The fraction of sp³-hybridized carbons (Fsp3) is 0.222. The number of nitriles is 2. The molecule has 182 valence electrons. The minimum absolute atomic E-state index is 0.0698. The fourth-order valence-corrected chi connectivity index (χ4v) is 4.14. The first-order valence-corrected chi connectivity index (χ1v) is 11.1. The number of ether oxygens (including phenoxy) is 1. The molecule has 0 radical (unpaired) electrons. The maximum atomic E-state index is 13.5. The number of nitrogens with zero attached hydrogens (tertiary/aromatic N) is 5. The highest BCUT2D eigenvalue weighted by Crippen LogP contribution is 2.34. The van der Waals surface area contributed by atoms with E-state index >= 15 is 0 Å². The van der Waals surface area contributed by atoms with E-state index in [-0.39, 0.29) is 19.9 Å². The van der Waals surface area contributed by atoms with Gasteiger partial charge in [-0.15, -0.1) is 0 Å². The average molecular weight is 490 g/mol. The number of rotatable bonds is 7. The third kappa shape index (κ3) is 5.02. The van der Waals surface area contributed by atoms with Gasteiger partial charge in [-0.3, -0.25) is 0 Å². The topological polar surface area (TPSA) is 79.6 Å². The van der Waals surface area contributed by atoms with Crippen molar-refractivity contribution in [3.63, 3.8) is 0 Å². The van der Waals surface area contributed by atoms with E-state index in [0.717, 1.165) is 22.9 Å². The van der Waals surface area contributed by atoms with E-state index in [9.17, 15) is 18.4 Å². The summed E-state index contributed by atoms with van der Waals surface area (Å²) in [6, 6.07) is 21.5. The van der Waals surface area contributed by atoms with Gasteiger partial charge in [0.25, 0.3) is 0 Å². The van der Waals surface area contributed by atoms with Crippen LogP contribution < -0.4 is 0 Å². The van der Waals surface area contributed by atoms with Gasteiger partial charge < -0.3 is 9.30 Å². The zero-order valence-electron chi connectivity index (χ0n) is 19.7. The molecule has 0 bridgehead atoms. The summed E-state index contributed by atoms with van der Waals surface area (Å²) in [5, 5.41) is 22.7. The number of alkyl halides is 3. The highest BCUT2D eigenvalue weighted by Gasteiger charge is 2.35. The van der Waals surface area contributed by atoms with E-state index < -0.39 is 11.9 Å². The summed E-state index contributed by atoms with van der Waals surface area (Å²) in [6.45, 7) is 3.72.